The summed E-state index contributed by atoms with van der Waals surface area (Å²) >= 11 is 0. The van der Waals surface area contributed by atoms with Crippen LogP contribution in [-0.4, -0.2) is 29.1 Å². The molecule has 2 N–H and O–H groups in total. The number of hydrogen-bond donors (Lipinski definition) is 2. The fourth-order valence-corrected chi connectivity index (χ4v) is 1.88. The lowest BCUT2D eigenvalue weighted by atomic mass is 10.1. The molecule has 0 bridgehead atoms. The number of amides is 2. The third-order valence-corrected chi connectivity index (χ3v) is 3.07. The van der Waals surface area contributed by atoms with E-state index in [0.717, 1.165) is 5.56 Å². The van der Waals surface area contributed by atoms with Gasteiger partial charge in [0.15, 0.2) is 0 Å². The number of carbonyl (C=O) groups is 2. The summed E-state index contributed by atoms with van der Waals surface area (Å²) in [5, 5.41) is 11.7. The lowest BCUT2D eigenvalue weighted by Gasteiger charge is -2.17. The molecule has 2 rings (SSSR count). The summed E-state index contributed by atoms with van der Waals surface area (Å²) in [5.41, 5.74) is 2.14. The van der Waals surface area contributed by atoms with E-state index in [1.54, 1.807) is 44.7 Å². The Labute approximate surface area is 122 Å². The fourth-order valence-electron chi connectivity index (χ4n) is 1.88. The van der Waals surface area contributed by atoms with Crippen LogP contribution in [0.15, 0.2) is 41.2 Å². The Bertz CT molecular complexity index is 650. The number of benzene rings is 1. The van der Waals surface area contributed by atoms with Crippen LogP contribution < -0.4 is 5.32 Å². The van der Waals surface area contributed by atoms with E-state index in [1.807, 2.05) is 0 Å². The first-order valence-electron chi connectivity index (χ1n) is 6.34. The first-order chi connectivity index (χ1) is 9.97. The minimum atomic E-state index is -1.02. The predicted octanol–water partition coefficient (Wildman–Crippen LogP) is 2.95. The predicted molar refractivity (Wildman–Crippen MR) is 77.3 cm³/mol. The zero-order chi connectivity index (χ0) is 15.4. The highest BCUT2D eigenvalue weighted by atomic mass is 16.4. The summed E-state index contributed by atoms with van der Waals surface area (Å²) < 4.78 is 4.95. The van der Waals surface area contributed by atoms with Crippen LogP contribution in [0.3, 0.4) is 0 Å². The highest BCUT2D eigenvalue weighted by molar-refractivity contribution is 5.94. The molecule has 6 nitrogen and oxygen atoms in total. The highest BCUT2D eigenvalue weighted by Gasteiger charge is 2.12. The van der Waals surface area contributed by atoms with E-state index >= 15 is 0 Å². The van der Waals surface area contributed by atoms with Crippen molar-refractivity contribution in [2.75, 3.05) is 12.4 Å². The van der Waals surface area contributed by atoms with Gasteiger partial charge in [-0.2, -0.15) is 0 Å². The van der Waals surface area contributed by atoms with Crippen molar-refractivity contribution in [3.63, 3.8) is 0 Å². The molecular weight excluding hydrogens is 272 g/mol. The van der Waals surface area contributed by atoms with Crippen LogP contribution in [0.1, 0.15) is 21.5 Å². The zero-order valence-corrected chi connectivity index (χ0v) is 11.8. The van der Waals surface area contributed by atoms with Crippen LogP contribution in [0, 0.1) is 6.92 Å². The summed E-state index contributed by atoms with van der Waals surface area (Å²) in [6.45, 7) is 2.11. The van der Waals surface area contributed by atoms with Gasteiger partial charge in [-0.15, -0.1) is 0 Å². The van der Waals surface area contributed by atoms with Gasteiger partial charge in [0.25, 0.3) is 0 Å². The second-order valence-corrected chi connectivity index (χ2v) is 4.75. The molecule has 2 aromatic rings. The molecule has 0 unspecified atom stereocenters. The molecule has 0 fully saturated rings. The molecule has 0 aliphatic heterocycles. The van der Waals surface area contributed by atoms with Crippen LogP contribution in [0.5, 0.6) is 0 Å². The maximum Gasteiger partial charge on any atom is 0.336 e. The van der Waals surface area contributed by atoms with Crippen molar-refractivity contribution in [3.05, 3.63) is 53.5 Å². The number of furan rings is 1. The summed E-state index contributed by atoms with van der Waals surface area (Å²) in [4.78, 5) is 24.6. The standard InChI is InChI=1S/C15H16N2O4/c1-10-3-4-12(7-13(10)14(18)19)16-15(20)17(2)8-11-5-6-21-9-11/h3-7,9H,8H2,1-2H3,(H,16,20)(H,18,19). The van der Waals surface area contributed by atoms with Crippen molar-refractivity contribution < 1.29 is 19.1 Å². The highest BCUT2D eigenvalue weighted by Crippen LogP contribution is 2.16. The van der Waals surface area contributed by atoms with E-state index in [1.165, 1.54) is 11.0 Å². The van der Waals surface area contributed by atoms with Crippen molar-refractivity contribution >= 4 is 17.7 Å². The Morgan fingerprint density at radius 2 is 2.10 bits per heavy atom. The van der Waals surface area contributed by atoms with Gasteiger partial charge in [-0.25, -0.2) is 9.59 Å². The number of hydrogen-bond acceptors (Lipinski definition) is 3. The van der Waals surface area contributed by atoms with E-state index < -0.39 is 5.97 Å². The summed E-state index contributed by atoms with van der Waals surface area (Å²) in [5.74, 6) is -1.02. The second kappa shape index (κ2) is 6.13. The normalized spacial score (nSPS) is 10.2. The molecular formula is C15H16N2O4. The lowest BCUT2D eigenvalue weighted by Crippen LogP contribution is -2.30. The summed E-state index contributed by atoms with van der Waals surface area (Å²) in [6.07, 6.45) is 3.11. The molecule has 1 aromatic carbocycles. The zero-order valence-electron chi connectivity index (χ0n) is 11.8. The SMILES string of the molecule is Cc1ccc(NC(=O)N(C)Cc2ccoc2)cc1C(=O)O. The second-order valence-electron chi connectivity index (χ2n) is 4.75. The van der Waals surface area contributed by atoms with E-state index in [9.17, 15) is 9.59 Å². The van der Waals surface area contributed by atoms with Gasteiger partial charge in [0.2, 0.25) is 0 Å². The Morgan fingerprint density at radius 3 is 2.71 bits per heavy atom. The quantitative estimate of drug-likeness (QED) is 0.906. The molecule has 21 heavy (non-hydrogen) atoms. The molecule has 0 aliphatic carbocycles. The number of nitrogens with zero attached hydrogens (tertiary/aromatic N) is 1. The van der Waals surface area contributed by atoms with Gasteiger partial charge in [-0.05, 0) is 30.7 Å². The van der Waals surface area contributed by atoms with E-state index in [-0.39, 0.29) is 11.6 Å². The number of nitrogens with one attached hydrogen (secondary N) is 1. The molecule has 1 aromatic heterocycles. The molecule has 0 spiro atoms. The number of aromatic carboxylic acids is 1. The van der Waals surface area contributed by atoms with Gasteiger partial charge < -0.3 is 19.7 Å². The molecule has 110 valence electrons. The van der Waals surface area contributed by atoms with Crippen LogP contribution >= 0.6 is 0 Å². The summed E-state index contributed by atoms with van der Waals surface area (Å²) in [7, 11) is 1.65. The van der Waals surface area contributed by atoms with Crippen LogP contribution in [0.2, 0.25) is 0 Å². The third-order valence-electron chi connectivity index (χ3n) is 3.07. The molecule has 1 heterocycles. The average Bonchev–Trinajstić information content (AvgIpc) is 2.93. The Kier molecular flexibility index (Phi) is 4.27. The van der Waals surface area contributed by atoms with Gasteiger partial charge in [0.1, 0.15) is 0 Å². The lowest BCUT2D eigenvalue weighted by molar-refractivity contribution is 0.0696. The number of carboxylic acid groups (broad SMARTS) is 1. The van der Waals surface area contributed by atoms with Crippen LogP contribution in [0.25, 0.3) is 0 Å². The molecule has 0 saturated carbocycles. The topological polar surface area (TPSA) is 82.8 Å². The Morgan fingerprint density at radius 1 is 1.33 bits per heavy atom. The minimum Gasteiger partial charge on any atom is -0.478 e. The molecule has 6 heteroatoms. The van der Waals surface area contributed by atoms with Gasteiger partial charge in [-0.1, -0.05) is 6.07 Å². The summed E-state index contributed by atoms with van der Waals surface area (Å²) in [6, 6.07) is 6.23. The number of rotatable bonds is 4. The first-order valence-corrected chi connectivity index (χ1v) is 6.34. The number of anilines is 1. The fraction of sp³-hybridized carbons (Fsp3) is 0.200. The largest absolute Gasteiger partial charge is 0.478 e. The number of aryl methyl sites for hydroxylation is 1. The van der Waals surface area contributed by atoms with Crippen LogP contribution in [0.4, 0.5) is 10.5 Å². The van der Waals surface area contributed by atoms with Gasteiger partial charge in [-0.3, -0.25) is 0 Å². The van der Waals surface area contributed by atoms with Crippen molar-refractivity contribution in [2.24, 2.45) is 0 Å². The third kappa shape index (κ3) is 3.62. The van der Waals surface area contributed by atoms with Gasteiger partial charge in [0, 0.05) is 18.3 Å². The number of carboxylic acids is 1. The van der Waals surface area contributed by atoms with E-state index in [0.29, 0.717) is 17.8 Å². The van der Waals surface area contributed by atoms with E-state index in [2.05, 4.69) is 5.32 Å². The molecule has 2 amide bonds. The number of carbonyl (C=O) groups excluding carboxylic acids is 1. The van der Waals surface area contributed by atoms with Crippen molar-refractivity contribution in [1.29, 1.82) is 0 Å². The van der Waals surface area contributed by atoms with Crippen molar-refractivity contribution in [1.82, 2.24) is 4.90 Å². The Balaban J connectivity index is 2.05. The van der Waals surface area contributed by atoms with Crippen molar-refractivity contribution in [3.8, 4) is 0 Å². The number of urea groups is 1. The molecule has 0 saturated heterocycles. The van der Waals surface area contributed by atoms with E-state index in [4.69, 9.17) is 9.52 Å². The molecule has 0 aliphatic rings. The van der Waals surface area contributed by atoms with Gasteiger partial charge >= 0.3 is 12.0 Å². The van der Waals surface area contributed by atoms with Gasteiger partial charge in [0.05, 0.1) is 24.6 Å². The maximum atomic E-state index is 12.0. The molecule has 0 atom stereocenters. The first kappa shape index (κ1) is 14.6. The average molecular weight is 288 g/mol. The smallest absolute Gasteiger partial charge is 0.336 e. The maximum absolute atomic E-state index is 12.0. The minimum absolute atomic E-state index is 0.172. The van der Waals surface area contributed by atoms with Crippen molar-refractivity contribution in [2.45, 2.75) is 13.5 Å². The molecule has 0 radical (unpaired) electrons. The van der Waals surface area contributed by atoms with Crippen LogP contribution in [-0.2, 0) is 6.54 Å². The monoisotopic (exact) mass is 288 g/mol. The Hall–Kier alpha value is -2.76.